The Hall–Kier alpha value is -2.31. The molecule has 2 aliphatic rings. The normalized spacial score (nSPS) is 25.4. The number of unbranched alkanes of at least 4 members (excludes halogenated alkanes) is 22. The Morgan fingerprint density at radius 3 is 1.40 bits per heavy atom. The zero-order valence-electron chi connectivity index (χ0n) is 45.4. The van der Waals surface area contributed by atoms with Gasteiger partial charge in [-0.3, -0.25) is 4.79 Å². The molecule has 0 aromatic carbocycles. The van der Waals surface area contributed by atoms with Crippen LogP contribution in [0.5, 0.6) is 0 Å². The quantitative estimate of drug-likeness (QED) is 0.0172. The van der Waals surface area contributed by atoms with Crippen LogP contribution in [0.15, 0.2) is 60.8 Å². The second-order valence-corrected chi connectivity index (χ2v) is 20.1. The molecule has 14 heteroatoms. The third-order valence-corrected chi connectivity index (χ3v) is 13.5. The molecule has 11 atom stereocenters. The first-order valence-electron chi connectivity index (χ1n) is 28.9. The van der Waals surface area contributed by atoms with Crippen LogP contribution in [0.1, 0.15) is 206 Å². The molecule has 0 saturated carbocycles. The van der Waals surface area contributed by atoms with Crippen molar-refractivity contribution in [2.75, 3.05) is 33.0 Å². The summed E-state index contributed by atoms with van der Waals surface area (Å²) in [7, 11) is 0. The highest BCUT2D eigenvalue weighted by atomic mass is 16.7. The standard InChI is InChI=1S/C59H104O14/c1-3-5-7-9-11-13-15-17-19-20-21-22-23-24-25-26-27-28-29-30-32-34-36-38-40-42-51(61)71-48(45-68-43-41-39-37-35-33-31-18-16-14-12-10-8-6-4-2)46-69-58-57(67)55(65)53(63)50(73-58)47-70-59-56(66)54(64)52(62)49(44-60)72-59/h6,8,12,14-15,17-18,20-21,31,48-50,52-60,62-67H,3-5,7,9-11,13,16,19,22-30,32-47H2,1-2H3/b8-6-,14-12-,17-15-,21-20-,31-18-. The molecule has 2 heterocycles. The zero-order chi connectivity index (χ0) is 53.0. The minimum absolute atomic E-state index is 0.0448. The first kappa shape index (κ1) is 66.8. The third-order valence-electron chi connectivity index (χ3n) is 13.5. The fraction of sp³-hybridized carbons (Fsp3) is 0.814. The Balaban J connectivity index is 1.69. The van der Waals surface area contributed by atoms with Gasteiger partial charge < -0.3 is 64.2 Å². The molecule has 2 aliphatic heterocycles. The van der Waals surface area contributed by atoms with E-state index in [1.165, 1.54) is 103 Å². The third kappa shape index (κ3) is 32.8. The van der Waals surface area contributed by atoms with E-state index in [9.17, 15) is 40.5 Å². The minimum atomic E-state index is -1.71. The maximum atomic E-state index is 13.1. The number of carbonyl (C=O) groups is 1. The molecule has 424 valence electrons. The van der Waals surface area contributed by atoms with Crippen molar-refractivity contribution in [3.63, 3.8) is 0 Å². The highest BCUT2D eigenvalue weighted by molar-refractivity contribution is 5.69. The largest absolute Gasteiger partial charge is 0.457 e. The number of ether oxygens (including phenoxy) is 6. The first-order valence-corrected chi connectivity index (χ1v) is 28.9. The van der Waals surface area contributed by atoms with Gasteiger partial charge >= 0.3 is 5.97 Å². The Labute approximate surface area is 441 Å². The number of aliphatic hydroxyl groups excluding tert-OH is 7. The summed E-state index contributed by atoms with van der Waals surface area (Å²) in [5, 5.41) is 72.3. The summed E-state index contributed by atoms with van der Waals surface area (Å²) < 4.78 is 34.3. The van der Waals surface area contributed by atoms with Crippen LogP contribution in [-0.2, 0) is 33.2 Å². The number of hydrogen-bond donors (Lipinski definition) is 7. The summed E-state index contributed by atoms with van der Waals surface area (Å²) in [6, 6.07) is 0. The lowest BCUT2D eigenvalue weighted by Crippen LogP contribution is -2.61. The van der Waals surface area contributed by atoms with Crippen molar-refractivity contribution in [1.82, 2.24) is 0 Å². The van der Waals surface area contributed by atoms with E-state index in [0.29, 0.717) is 13.0 Å². The van der Waals surface area contributed by atoms with Gasteiger partial charge in [0.15, 0.2) is 12.6 Å². The van der Waals surface area contributed by atoms with Gasteiger partial charge in [-0.15, -0.1) is 0 Å². The van der Waals surface area contributed by atoms with Gasteiger partial charge in [0, 0.05) is 13.0 Å². The fourth-order valence-electron chi connectivity index (χ4n) is 8.86. The van der Waals surface area contributed by atoms with E-state index >= 15 is 0 Å². The van der Waals surface area contributed by atoms with Crippen LogP contribution in [0.3, 0.4) is 0 Å². The molecule has 14 nitrogen and oxygen atoms in total. The molecule has 2 saturated heterocycles. The number of rotatable bonds is 46. The Morgan fingerprint density at radius 2 is 0.890 bits per heavy atom. The van der Waals surface area contributed by atoms with Gasteiger partial charge in [0.25, 0.3) is 0 Å². The first-order chi connectivity index (χ1) is 35.6. The summed E-state index contributed by atoms with van der Waals surface area (Å²) in [5.41, 5.74) is 0. The molecular weight excluding hydrogens is 933 g/mol. The van der Waals surface area contributed by atoms with Crippen molar-refractivity contribution >= 4 is 5.97 Å². The molecular formula is C59H104O14. The average molecular weight is 1040 g/mol. The summed E-state index contributed by atoms with van der Waals surface area (Å²) >= 11 is 0. The predicted molar refractivity (Wildman–Crippen MR) is 289 cm³/mol. The van der Waals surface area contributed by atoms with E-state index in [-0.39, 0.29) is 25.6 Å². The molecule has 0 radical (unpaired) electrons. The van der Waals surface area contributed by atoms with Crippen molar-refractivity contribution in [2.24, 2.45) is 0 Å². The van der Waals surface area contributed by atoms with Crippen LogP contribution in [-0.4, -0.2) is 142 Å². The van der Waals surface area contributed by atoms with Crippen LogP contribution in [0.2, 0.25) is 0 Å². The zero-order valence-corrected chi connectivity index (χ0v) is 45.4. The van der Waals surface area contributed by atoms with Gasteiger partial charge in [-0.05, 0) is 77.0 Å². The predicted octanol–water partition coefficient (Wildman–Crippen LogP) is 10.1. The molecule has 0 aromatic rings. The van der Waals surface area contributed by atoms with Gasteiger partial charge in [-0.25, -0.2) is 0 Å². The van der Waals surface area contributed by atoms with Crippen molar-refractivity contribution < 1.29 is 69.0 Å². The Morgan fingerprint density at radius 1 is 0.466 bits per heavy atom. The number of hydrogen-bond acceptors (Lipinski definition) is 14. The van der Waals surface area contributed by atoms with E-state index in [1.54, 1.807) is 0 Å². The SMILES string of the molecule is CC/C=C\C/C=C\C/C=C\CCCCCCOCC(COC1OC(COC2OC(CO)C(O)C(O)C2O)C(O)C(O)C1O)OC(=O)CCCCCCCCCCCCCCC/C=C\C/C=C\CCCCCCC. The molecule has 0 spiro atoms. The average Bonchev–Trinajstić information content (AvgIpc) is 3.39. The van der Waals surface area contributed by atoms with E-state index in [4.69, 9.17) is 28.4 Å². The van der Waals surface area contributed by atoms with E-state index < -0.39 is 80.7 Å². The van der Waals surface area contributed by atoms with Crippen LogP contribution in [0.4, 0.5) is 0 Å². The summed E-state index contributed by atoms with van der Waals surface area (Å²) in [6.07, 6.45) is 40.0. The van der Waals surface area contributed by atoms with Crippen molar-refractivity contribution in [3.05, 3.63) is 60.8 Å². The van der Waals surface area contributed by atoms with Crippen LogP contribution in [0.25, 0.3) is 0 Å². The lowest BCUT2D eigenvalue weighted by molar-refractivity contribution is -0.332. The summed E-state index contributed by atoms with van der Waals surface area (Å²) in [6.45, 7) is 3.52. The smallest absolute Gasteiger partial charge is 0.306 e. The van der Waals surface area contributed by atoms with Gasteiger partial charge in [-0.2, -0.15) is 0 Å². The Kier molecular flexibility index (Phi) is 42.0. The fourth-order valence-corrected chi connectivity index (χ4v) is 8.86. The number of esters is 1. The van der Waals surface area contributed by atoms with Gasteiger partial charge in [0.05, 0.1) is 26.4 Å². The van der Waals surface area contributed by atoms with Crippen LogP contribution >= 0.6 is 0 Å². The number of aliphatic hydroxyl groups is 7. The molecule has 2 fully saturated rings. The Bertz CT molecular complexity index is 1440. The van der Waals surface area contributed by atoms with Crippen molar-refractivity contribution in [1.29, 1.82) is 0 Å². The summed E-state index contributed by atoms with van der Waals surface area (Å²) in [4.78, 5) is 13.1. The van der Waals surface area contributed by atoms with Crippen LogP contribution < -0.4 is 0 Å². The number of carbonyl (C=O) groups excluding carboxylic acids is 1. The molecule has 2 rings (SSSR count). The van der Waals surface area contributed by atoms with Crippen LogP contribution in [0, 0.1) is 0 Å². The van der Waals surface area contributed by atoms with E-state index in [1.807, 2.05) is 0 Å². The van der Waals surface area contributed by atoms with Gasteiger partial charge in [0.2, 0.25) is 0 Å². The molecule has 0 aromatic heterocycles. The lowest BCUT2D eigenvalue weighted by atomic mass is 9.98. The van der Waals surface area contributed by atoms with Gasteiger partial charge in [0.1, 0.15) is 54.9 Å². The topological polar surface area (TPSA) is 214 Å². The lowest BCUT2D eigenvalue weighted by Gasteiger charge is -2.42. The highest BCUT2D eigenvalue weighted by Gasteiger charge is 2.47. The molecule has 0 bridgehead atoms. The highest BCUT2D eigenvalue weighted by Crippen LogP contribution is 2.26. The second-order valence-electron chi connectivity index (χ2n) is 20.1. The molecule has 7 N–H and O–H groups in total. The van der Waals surface area contributed by atoms with Crippen molar-refractivity contribution in [2.45, 2.75) is 274 Å². The molecule has 73 heavy (non-hydrogen) atoms. The monoisotopic (exact) mass is 1040 g/mol. The summed E-state index contributed by atoms with van der Waals surface area (Å²) in [5.74, 6) is -0.386. The number of allylic oxidation sites excluding steroid dienone is 10. The van der Waals surface area contributed by atoms with E-state index in [2.05, 4.69) is 74.6 Å². The van der Waals surface area contributed by atoms with Gasteiger partial charge in [-0.1, -0.05) is 184 Å². The molecule has 11 unspecified atom stereocenters. The maximum Gasteiger partial charge on any atom is 0.306 e. The van der Waals surface area contributed by atoms with E-state index in [0.717, 1.165) is 77.0 Å². The maximum absolute atomic E-state index is 13.1. The molecule has 0 amide bonds. The second kappa shape index (κ2) is 45.8. The molecule has 0 aliphatic carbocycles. The minimum Gasteiger partial charge on any atom is -0.457 e. The van der Waals surface area contributed by atoms with Crippen molar-refractivity contribution in [3.8, 4) is 0 Å².